The Bertz CT molecular complexity index is 361. The molecule has 0 unspecified atom stereocenters. The second-order valence-corrected chi connectivity index (χ2v) is 5.20. The molecule has 86 valence electrons. The van der Waals surface area contributed by atoms with Crippen molar-refractivity contribution in [3.05, 3.63) is 29.8 Å². The predicted molar refractivity (Wildman–Crippen MR) is 64.4 cm³/mol. The summed E-state index contributed by atoms with van der Waals surface area (Å²) in [5, 5.41) is 0. The Morgan fingerprint density at radius 1 is 1.06 bits per heavy atom. The van der Waals surface area contributed by atoms with Gasteiger partial charge in [-0.15, -0.1) is 0 Å². The highest BCUT2D eigenvalue weighted by Gasteiger charge is 2.31. The van der Waals surface area contributed by atoms with Crippen molar-refractivity contribution < 1.29 is 4.74 Å². The van der Waals surface area contributed by atoms with Crippen LogP contribution in [0.2, 0.25) is 0 Å². The topological polar surface area (TPSA) is 35.2 Å². The van der Waals surface area contributed by atoms with Crippen LogP contribution >= 0.6 is 0 Å². The molecule has 2 heteroatoms. The molecule has 2 aliphatic carbocycles. The summed E-state index contributed by atoms with van der Waals surface area (Å²) in [6.07, 6.45) is 7.66. The minimum atomic E-state index is -0.0713. The highest BCUT2D eigenvalue weighted by Crippen LogP contribution is 2.37. The van der Waals surface area contributed by atoms with E-state index in [-0.39, 0.29) is 5.54 Å². The van der Waals surface area contributed by atoms with Gasteiger partial charge in [0.25, 0.3) is 0 Å². The van der Waals surface area contributed by atoms with Gasteiger partial charge in [-0.05, 0) is 43.4 Å². The molecule has 0 atom stereocenters. The summed E-state index contributed by atoms with van der Waals surface area (Å²) in [6, 6.07) is 8.42. The predicted octanol–water partition coefficient (Wildman–Crippen LogP) is 2.96. The van der Waals surface area contributed by atoms with Crippen LogP contribution in [0.25, 0.3) is 0 Å². The molecule has 0 aliphatic heterocycles. The lowest BCUT2D eigenvalue weighted by atomic mass is 9.89. The van der Waals surface area contributed by atoms with Crippen molar-refractivity contribution in [1.82, 2.24) is 0 Å². The third-order valence-corrected chi connectivity index (χ3v) is 3.75. The molecule has 0 spiro atoms. The number of rotatable bonds is 3. The zero-order valence-corrected chi connectivity index (χ0v) is 9.61. The molecule has 2 nitrogen and oxygen atoms in total. The van der Waals surface area contributed by atoms with Crippen LogP contribution < -0.4 is 10.5 Å². The molecule has 0 bridgehead atoms. The smallest absolute Gasteiger partial charge is 0.119 e. The normalized spacial score (nSPS) is 23.3. The lowest BCUT2D eigenvalue weighted by molar-refractivity contribution is 0.303. The van der Waals surface area contributed by atoms with Crippen molar-refractivity contribution in [3.8, 4) is 5.75 Å². The first-order valence-electron chi connectivity index (χ1n) is 6.32. The molecule has 1 aromatic carbocycles. The SMILES string of the molecule is NC1(c2ccc(OC3CC3)cc2)CCCC1. The van der Waals surface area contributed by atoms with Gasteiger partial charge in [-0.3, -0.25) is 0 Å². The van der Waals surface area contributed by atoms with E-state index in [0.717, 1.165) is 18.6 Å². The van der Waals surface area contributed by atoms with Crippen LogP contribution in [0.1, 0.15) is 44.1 Å². The molecule has 0 heterocycles. The third-order valence-electron chi connectivity index (χ3n) is 3.75. The van der Waals surface area contributed by atoms with Crippen LogP contribution in [0.15, 0.2) is 24.3 Å². The Kier molecular flexibility index (Phi) is 2.40. The maximum Gasteiger partial charge on any atom is 0.119 e. The first-order chi connectivity index (χ1) is 7.76. The summed E-state index contributed by atoms with van der Waals surface area (Å²) in [5.41, 5.74) is 7.60. The van der Waals surface area contributed by atoms with Gasteiger partial charge in [0.1, 0.15) is 5.75 Å². The monoisotopic (exact) mass is 217 g/mol. The molecule has 0 amide bonds. The van der Waals surface area contributed by atoms with Crippen LogP contribution in [0, 0.1) is 0 Å². The molecular formula is C14H19NO. The summed E-state index contributed by atoms with van der Waals surface area (Å²) in [7, 11) is 0. The van der Waals surface area contributed by atoms with E-state index in [0.29, 0.717) is 6.10 Å². The highest BCUT2D eigenvalue weighted by atomic mass is 16.5. The van der Waals surface area contributed by atoms with E-state index in [9.17, 15) is 0 Å². The summed E-state index contributed by atoms with van der Waals surface area (Å²) in [5.74, 6) is 0.993. The van der Waals surface area contributed by atoms with Gasteiger partial charge < -0.3 is 10.5 Å². The highest BCUT2D eigenvalue weighted by molar-refractivity contribution is 5.32. The first kappa shape index (κ1) is 10.2. The zero-order valence-electron chi connectivity index (χ0n) is 9.61. The maximum absolute atomic E-state index is 6.40. The van der Waals surface area contributed by atoms with Crippen LogP contribution in [-0.2, 0) is 5.54 Å². The van der Waals surface area contributed by atoms with Crippen LogP contribution in [0.4, 0.5) is 0 Å². The minimum Gasteiger partial charge on any atom is -0.490 e. The van der Waals surface area contributed by atoms with Crippen molar-refractivity contribution in [3.63, 3.8) is 0 Å². The fourth-order valence-electron chi connectivity index (χ4n) is 2.54. The molecule has 2 fully saturated rings. The van der Waals surface area contributed by atoms with Gasteiger partial charge in [0, 0.05) is 5.54 Å². The molecule has 16 heavy (non-hydrogen) atoms. The molecule has 0 saturated heterocycles. The van der Waals surface area contributed by atoms with E-state index < -0.39 is 0 Å². The van der Waals surface area contributed by atoms with Gasteiger partial charge in [-0.2, -0.15) is 0 Å². The fraction of sp³-hybridized carbons (Fsp3) is 0.571. The van der Waals surface area contributed by atoms with E-state index in [4.69, 9.17) is 10.5 Å². The largest absolute Gasteiger partial charge is 0.490 e. The quantitative estimate of drug-likeness (QED) is 0.844. The average Bonchev–Trinajstić information content (AvgIpc) is 3.00. The standard InChI is InChI=1S/C14H19NO/c15-14(9-1-2-10-14)11-3-5-12(6-4-11)16-13-7-8-13/h3-6,13H,1-2,7-10,15H2. The van der Waals surface area contributed by atoms with Crippen molar-refractivity contribution in [2.75, 3.05) is 0 Å². The van der Waals surface area contributed by atoms with Crippen molar-refractivity contribution in [2.24, 2.45) is 5.73 Å². The van der Waals surface area contributed by atoms with Crippen molar-refractivity contribution >= 4 is 0 Å². The first-order valence-corrected chi connectivity index (χ1v) is 6.32. The van der Waals surface area contributed by atoms with Crippen LogP contribution in [-0.4, -0.2) is 6.10 Å². The molecule has 3 rings (SSSR count). The van der Waals surface area contributed by atoms with Gasteiger partial charge >= 0.3 is 0 Å². The number of hydrogen-bond acceptors (Lipinski definition) is 2. The van der Waals surface area contributed by atoms with Crippen LogP contribution in [0.5, 0.6) is 5.75 Å². The van der Waals surface area contributed by atoms with Crippen molar-refractivity contribution in [1.29, 1.82) is 0 Å². The Morgan fingerprint density at radius 3 is 2.25 bits per heavy atom. The van der Waals surface area contributed by atoms with Gasteiger partial charge in [0.2, 0.25) is 0 Å². The summed E-state index contributed by atoms with van der Waals surface area (Å²) in [4.78, 5) is 0. The van der Waals surface area contributed by atoms with Gasteiger partial charge in [-0.25, -0.2) is 0 Å². The van der Waals surface area contributed by atoms with Crippen LogP contribution in [0.3, 0.4) is 0 Å². The lowest BCUT2D eigenvalue weighted by Crippen LogP contribution is -2.32. The maximum atomic E-state index is 6.40. The lowest BCUT2D eigenvalue weighted by Gasteiger charge is -2.24. The second-order valence-electron chi connectivity index (χ2n) is 5.20. The second kappa shape index (κ2) is 3.77. The summed E-state index contributed by atoms with van der Waals surface area (Å²) < 4.78 is 5.74. The number of benzene rings is 1. The molecule has 2 saturated carbocycles. The Hall–Kier alpha value is -1.02. The molecule has 2 aliphatic rings. The number of hydrogen-bond donors (Lipinski definition) is 1. The Labute approximate surface area is 96.8 Å². The molecule has 2 N–H and O–H groups in total. The van der Waals surface area contributed by atoms with Crippen molar-refractivity contribution in [2.45, 2.75) is 50.2 Å². The minimum absolute atomic E-state index is 0.0713. The number of ether oxygens (including phenoxy) is 1. The molecule has 1 aromatic rings. The summed E-state index contributed by atoms with van der Waals surface area (Å²) >= 11 is 0. The fourth-order valence-corrected chi connectivity index (χ4v) is 2.54. The zero-order chi connectivity index (χ0) is 11.0. The Balaban J connectivity index is 1.75. The molecule has 0 aromatic heterocycles. The van der Waals surface area contributed by atoms with Gasteiger partial charge in [-0.1, -0.05) is 25.0 Å². The average molecular weight is 217 g/mol. The van der Waals surface area contributed by atoms with Gasteiger partial charge in [0.05, 0.1) is 6.10 Å². The van der Waals surface area contributed by atoms with E-state index in [1.54, 1.807) is 0 Å². The van der Waals surface area contributed by atoms with E-state index in [2.05, 4.69) is 24.3 Å². The molecule has 0 radical (unpaired) electrons. The molecular weight excluding hydrogens is 198 g/mol. The number of nitrogens with two attached hydrogens (primary N) is 1. The van der Waals surface area contributed by atoms with Gasteiger partial charge in [0.15, 0.2) is 0 Å². The third kappa shape index (κ3) is 1.94. The van der Waals surface area contributed by atoms with E-state index >= 15 is 0 Å². The Morgan fingerprint density at radius 2 is 1.69 bits per heavy atom. The van der Waals surface area contributed by atoms with E-state index in [1.807, 2.05) is 0 Å². The van der Waals surface area contributed by atoms with E-state index in [1.165, 1.54) is 31.2 Å². The summed E-state index contributed by atoms with van der Waals surface area (Å²) in [6.45, 7) is 0.